The fraction of sp³-hybridized carbons (Fsp3) is 0.0526. The van der Waals surface area contributed by atoms with Gasteiger partial charge in [-0.15, -0.1) is 0 Å². The molecule has 0 atom stereocenters. The fourth-order valence-electron chi connectivity index (χ4n) is 2.31. The first-order valence-electron chi connectivity index (χ1n) is 7.27. The van der Waals surface area contributed by atoms with E-state index in [0.717, 1.165) is 10.8 Å². The van der Waals surface area contributed by atoms with Gasteiger partial charge in [0.25, 0.3) is 5.91 Å². The number of amides is 1. The maximum absolute atomic E-state index is 12.5. The molecule has 4 heteroatoms. The number of hydrogen-bond donors (Lipinski definition) is 1. The molecule has 0 spiro atoms. The summed E-state index contributed by atoms with van der Waals surface area (Å²) in [5.41, 5.74) is 1.06. The van der Waals surface area contributed by atoms with Crippen LogP contribution in [0.15, 0.2) is 73.4 Å². The van der Waals surface area contributed by atoms with Gasteiger partial charge >= 0.3 is 0 Å². The molecular weight excluding hydrogens is 288 g/mol. The van der Waals surface area contributed by atoms with Crippen molar-refractivity contribution in [2.24, 2.45) is 0 Å². The van der Waals surface area contributed by atoms with Gasteiger partial charge in [0, 0.05) is 23.3 Å². The predicted octanol–water partition coefficient (Wildman–Crippen LogP) is 4.05. The van der Waals surface area contributed by atoms with Crippen molar-refractivity contribution in [3.8, 4) is 5.75 Å². The molecule has 0 saturated carbocycles. The summed E-state index contributed by atoms with van der Waals surface area (Å²) in [4.78, 5) is 16.7. The third kappa shape index (κ3) is 3.37. The molecule has 0 aliphatic heterocycles. The molecule has 2 aromatic carbocycles. The minimum Gasteiger partial charge on any atom is -0.489 e. The zero-order chi connectivity index (χ0) is 16.1. The summed E-state index contributed by atoms with van der Waals surface area (Å²) in [5, 5.41) is 4.67. The van der Waals surface area contributed by atoms with Gasteiger partial charge in [-0.3, -0.25) is 9.78 Å². The Kier molecular flexibility index (Phi) is 4.34. The van der Waals surface area contributed by atoms with Crippen molar-refractivity contribution in [3.05, 3.63) is 79.1 Å². The molecule has 0 radical (unpaired) electrons. The van der Waals surface area contributed by atoms with Gasteiger partial charge in [0.05, 0.1) is 0 Å². The third-order valence-electron chi connectivity index (χ3n) is 3.35. The lowest BCUT2D eigenvalue weighted by Crippen LogP contribution is -2.14. The number of fused-ring (bicyclic) bond motifs is 1. The van der Waals surface area contributed by atoms with E-state index < -0.39 is 0 Å². The van der Waals surface area contributed by atoms with Crippen molar-refractivity contribution in [1.29, 1.82) is 0 Å². The quantitative estimate of drug-likeness (QED) is 0.723. The summed E-state index contributed by atoms with van der Waals surface area (Å²) in [6, 6.07) is 16.8. The van der Waals surface area contributed by atoms with E-state index in [2.05, 4.69) is 16.9 Å². The summed E-state index contributed by atoms with van der Waals surface area (Å²) in [5.74, 6) is 0.427. The summed E-state index contributed by atoms with van der Waals surface area (Å²) >= 11 is 0. The molecule has 3 rings (SSSR count). The molecule has 0 aliphatic rings. The van der Waals surface area contributed by atoms with Gasteiger partial charge in [0.15, 0.2) is 0 Å². The number of nitrogens with one attached hydrogen (secondary N) is 1. The Morgan fingerprint density at radius 2 is 2.04 bits per heavy atom. The molecule has 23 heavy (non-hydrogen) atoms. The highest BCUT2D eigenvalue weighted by Crippen LogP contribution is 2.20. The van der Waals surface area contributed by atoms with E-state index in [1.54, 1.807) is 18.3 Å². The molecule has 114 valence electrons. The Balaban J connectivity index is 1.85. The van der Waals surface area contributed by atoms with Crippen LogP contribution in [0.5, 0.6) is 5.75 Å². The topological polar surface area (TPSA) is 51.2 Å². The van der Waals surface area contributed by atoms with Crippen LogP contribution in [0.4, 0.5) is 5.69 Å². The van der Waals surface area contributed by atoms with Crippen LogP contribution in [0.3, 0.4) is 0 Å². The summed E-state index contributed by atoms with van der Waals surface area (Å²) < 4.78 is 5.47. The lowest BCUT2D eigenvalue weighted by Gasteiger charge is -2.09. The molecule has 0 fully saturated rings. The highest BCUT2D eigenvalue weighted by Gasteiger charge is 2.11. The maximum Gasteiger partial charge on any atom is 0.274 e. The molecule has 0 saturated heterocycles. The first-order valence-corrected chi connectivity index (χ1v) is 7.27. The van der Waals surface area contributed by atoms with E-state index >= 15 is 0 Å². The van der Waals surface area contributed by atoms with Crippen LogP contribution < -0.4 is 10.1 Å². The molecule has 0 bridgehead atoms. The normalized spacial score (nSPS) is 10.3. The lowest BCUT2D eigenvalue weighted by molar-refractivity contribution is 0.102. The standard InChI is InChI=1S/C19H16N2O2/c1-2-12-23-16-8-5-7-15(13-16)21-19(22)18-17-9-4-3-6-14(17)10-11-20-18/h2-11,13H,1,12H2,(H,21,22). The van der Waals surface area contributed by atoms with Crippen LogP contribution in [0.2, 0.25) is 0 Å². The van der Waals surface area contributed by atoms with Gasteiger partial charge in [-0.05, 0) is 23.6 Å². The smallest absolute Gasteiger partial charge is 0.274 e. The zero-order valence-corrected chi connectivity index (χ0v) is 12.5. The number of aromatic nitrogens is 1. The molecule has 1 amide bonds. The summed E-state index contributed by atoms with van der Waals surface area (Å²) in [7, 11) is 0. The van der Waals surface area contributed by atoms with Crippen molar-refractivity contribution in [2.45, 2.75) is 0 Å². The van der Waals surface area contributed by atoms with Crippen molar-refractivity contribution in [1.82, 2.24) is 4.98 Å². The highest BCUT2D eigenvalue weighted by atomic mass is 16.5. The summed E-state index contributed by atoms with van der Waals surface area (Å²) in [6.07, 6.45) is 3.31. The van der Waals surface area contributed by atoms with Crippen LogP contribution in [-0.4, -0.2) is 17.5 Å². The van der Waals surface area contributed by atoms with Crippen LogP contribution in [0.1, 0.15) is 10.5 Å². The number of hydrogen-bond acceptors (Lipinski definition) is 3. The van der Waals surface area contributed by atoms with Crippen LogP contribution in [0.25, 0.3) is 10.8 Å². The van der Waals surface area contributed by atoms with E-state index in [9.17, 15) is 4.79 Å². The van der Waals surface area contributed by atoms with Crippen molar-refractivity contribution >= 4 is 22.4 Å². The molecule has 1 heterocycles. The second kappa shape index (κ2) is 6.75. The minimum absolute atomic E-state index is 0.248. The highest BCUT2D eigenvalue weighted by molar-refractivity contribution is 6.11. The maximum atomic E-state index is 12.5. The second-order valence-corrected chi connectivity index (χ2v) is 4.96. The largest absolute Gasteiger partial charge is 0.489 e. The number of benzene rings is 2. The molecule has 4 nitrogen and oxygen atoms in total. The number of carbonyl (C=O) groups is 1. The molecule has 0 aliphatic carbocycles. The molecule has 3 aromatic rings. The monoisotopic (exact) mass is 304 g/mol. The Morgan fingerprint density at radius 3 is 2.91 bits per heavy atom. The SMILES string of the molecule is C=CCOc1cccc(NC(=O)c2nccc3ccccc23)c1. The van der Waals surface area contributed by atoms with Crippen LogP contribution in [-0.2, 0) is 0 Å². The molecule has 0 unspecified atom stereocenters. The lowest BCUT2D eigenvalue weighted by atomic mass is 10.1. The Bertz CT molecular complexity index is 853. The molecule has 1 N–H and O–H groups in total. The van der Waals surface area contributed by atoms with Crippen LogP contribution in [0, 0.1) is 0 Å². The number of carbonyl (C=O) groups excluding carboxylic acids is 1. The van der Waals surface area contributed by atoms with E-state index in [4.69, 9.17) is 4.74 Å². The van der Waals surface area contributed by atoms with Gasteiger partial charge in [0.1, 0.15) is 18.1 Å². The second-order valence-electron chi connectivity index (χ2n) is 4.96. The number of anilines is 1. The van der Waals surface area contributed by atoms with E-state index in [0.29, 0.717) is 23.7 Å². The molecule has 1 aromatic heterocycles. The number of ether oxygens (including phenoxy) is 1. The average Bonchev–Trinajstić information content (AvgIpc) is 2.59. The third-order valence-corrected chi connectivity index (χ3v) is 3.35. The Hall–Kier alpha value is -3.14. The first kappa shape index (κ1) is 14.8. The summed E-state index contributed by atoms with van der Waals surface area (Å²) in [6.45, 7) is 4.03. The van der Waals surface area contributed by atoms with Gasteiger partial charge in [-0.1, -0.05) is 43.0 Å². The Labute approximate surface area is 134 Å². The van der Waals surface area contributed by atoms with E-state index in [1.807, 2.05) is 48.5 Å². The van der Waals surface area contributed by atoms with Gasteiger partial charge in [-0.25, -0.2) is 0 Å². The van der Waals surface area contributed by atoms with Gasteiger partial charge in [-0.2, -0.15) is 0 Å². The number of pyridine rings is 1. The van der Waals surface area contributed by atoms with Crippen LogP contribution >= 0.6 is 0 Å². The number of rotatable bonds is 5. The van der Waals surface area contributed by atoms with Crippen molar-refractivity contribution in [3.63, 3.8) is 0 Å². The average molecular weight is 304 g/mol. The zero-order valence-electron chi connectivity index (χ0n) is 12.5. The van der Waals surface area contributed by atoms with E-state index in [1.165, 1.54) is 0 Å². The van der Waals surface area contributed by atoms with Gasteiger partial charge < -0.3 is 10.1 Å². The molecular formula is C19H16N2O2. The van der Waals surface area contributed by atoms with Crippen molar-refractivity contribution in [2.75, 3.05) is 11.9 Å². The predicted molar refractivity (Wildman–Crippen MR) is 91.8 cm³/mol. The van der Waals surface area contributed by atoms with E-state index in [-0.39, 0.29) is 5.91 Å². The minimum atomic E-state index is -0.248. The van der Waals surface area contributed by atoms with Gasteiger partial charge in [0.2, 0.25) is 0 Å². The Morgan fingerprint density at radius 1 is 1.17 bits per heavy atom. The fourth-order valence-corrected chi connectivity index (χ4v) is 2.31. The number of nitrogens with zero attached hydrogens (tertiary/aromatic N) is 1. The van der Waals surface area contributed by atoms with Crippen molar-refractivity contribution < 1.29 is 9.53 Å². The first-order chi connectivity index (χ1) is 11.3.